The van der Waals surface area contributed by atoms with Crippen LogP contribution in [0.4, 0.5) is 0 Å². The van der Waals surface area contributed by atoms with Crippen LogP contribution in [0, 0.1) is 25.2 Å². The summed E-state index contributed by atoms with van der Waals surface area (Å²) in [5, 5.41) is 9.65. The van der Waals surface area contributed by atoms with E-state index in [9.17, 15) is 5.26 Å². The van der Waals surface area contributed by atoms with E-state index in [4.69, 9.17) is 0 Å². The Morgan fingerprint density at radius 2 is 1.79 bits per heavy atom. The number of rotatable bonds is 0. The van der Waals surface area contributed by atoms with Crippen molar-refractivity contribution in [3.8, 4) is 6.07 Å². The van der Waals surface area contributed by atoms with Crippen LogP contribution in [0.1, 0.15) is 39.3 Å². The largest absolute Gasteiger partial charge is 0.197 e. The summed E-state index contributed by atoms with van der Waals surface area (Å²) in [6, 6.07) is 15.3. The Morgan fingerprint density at radius 1 is 1.05 bits per heavy atom. The summed E-state index contributed by atoms with van der Waals surface area (Å²) < 4.78 is 0. The number of hydrogen-bond acceptors (Lipinski definition) is 1. The Bertz CT molecular complexity index is 677. The fourth-order valence-corrected chi connectivity index (χ4v) is 3.29. The van der Waals surface area contributed by atoms with Crippen molar-refractivity contribution >= 4 is 0 Å². The molecule has 2 aromatic rings. The van der Waals surface area contributed by atoms with Crippen LogP contribution in [0.5, 0.6) is 0 Å². The van der Waals surface area contributed by atoms with Crippen LogP contribution >= 0.6 is 0 Å². The van der Waals surface area contributed by atoms with Crippen LogP contribution in [0.15, 0.2) is 36.4 Å². The Morgan fingerprint density at radius 3 is 2.58 bits per heavy atom. The summed E-state index contributed by atoms with van der Waals surface area (Å²) in [4.78, 5) is 0. The summed E-state index contributed by atoms with van der Waals surface area (Å²) >= 11 is 0. The lowest BCUT2D eigenvalue weighted by atomic mass is 9.86. The van der Waals surface area contributed by atoms with Gasteiger partial charge < -0.3 is 0 Å². The number of hydrogen-bond donors (Lipinski definition) is 0. The van der Waals surface area contributed by atoms with E-state index in [0.717, 1.165) is 12.8 Å². The van der Waals surface area contributed by atoms with Crippen LogP contribution in [-0.2, 0) is 12.8 Å². The molecule has 0 radical (unpaired) electrons. The van der Waals surface area contributed by atoms with Crippen molar-refractivity contribution in [3.05, 3.63) is 69.8 Å². The van der Waals surface area contributed by atoms with E-state index in [1.165, 1.54) is 33.4 Å². The molecular weight excluding hydrogens is 230 g/mol. The smallest absolute Gasteiger partial charge is 0.0970 e. The average molecular weight is 247 g/mol. The van der Waals surface area contributed by atoms with Gasteiger partial charge in [-0.3, -0.25) is 0 Å². The summed E-state index contributed by atoms with van der Waals surface area (Å²) in [5.74, 6) is -0.116. The molecule has 0 amide bonds. The molecule has 3 rings (SSSR count). The van der Waals surface area contributed by atoms with Gasteiger partial charge in [0.25, 0.3) is 0 Å². The summed E-state index contributed by atoms with van der Waals surface area (Å²) in [5.41, 5.74) is 7.63. The zero-order chi connectivity index (χ0) is 13.4. The number of nitrogens with zero attached hydrogens (tertiary/aromatic N) is 1. The van der Waals surface area contributed by atoms with Crippen molar-refractivity contribution < 1.29 is 0 Å². The summed E-state index contributed by atoms with van der Waals surface area (Å²) in [7, 11) is 0. The predicted octanol–water partition coefficient (Wildman–Crippen LogP) is 4.06. The highest BCUT2D eigenvalue weighted by atomic mass is 14.3. The highest BCUT2D eigenvalue weighted by Gasteiger charge is 2.24. The molecule has 1 aliphatic carbocycles. The fraction of sp³-hybridized carbons (Fsp3) is 0.278. The monoisotopic (exact) mass is 247 g/mol. The van der Waals surface area contributed by atoms with Gasteiger partial charge in [-0.15, -0.1) is 0 Å². The van der Waals surface area contributed by atoms with Crippen LogP contribution in [0.25, 0.3) is 0 Å². The molecule has 0 aromatic heterocycles. The van der Waals surface area contributed by atoms with Gasteiger partial charge in [-0.25, -0.2) is 0 Å². The molecule has 0 fully saturated rings. The van der Waals surface area contributed by atoms with Gasteiger partial charge in [0.1, 0.15) is 0 Å². The van der Waals surface area contributed by atoms with E-state index in [1.807, 2.05) is 6.07 Å². The molecule has 1 heteroatoms. The second-order valence-corrected chi connectivity index (χ2v) is 5.42. The number of benzene rings is 2. The highest BCUT2D eigenvalue weighted by molar-refractivity contribution is 5.52. The van der Waals surface area contributed by atoms with Gasteiger partial charge in [0.15, 0.2) is 0 Å². The molecule has 0 aliphatic heterocycles. The number of nitriles is 1. The Hall–Kier alpha value is -2.07. The number of fused-ring (bicyclic) bond motifs is 2. The van der Waals surface area contributed by atoms with E-state index in [0.29, 0.717) is 0 Å². The van der Waals surface area contributed by atoms with Crippen molar-refractivity contribution in [3.63, 3.8) is 0 Å². The molecular formula is C18H17N. The summed E-state index contributed by atoms with van der Waals surface area (Å²) in [6.07, 6.45) is 2.07. The van der Waals surface area contributed by atoms with E-state index >= 15 is 0 Å². The van der Waals surface area contributed by atoms with E-state index < -0.39 is 0 Å². The van der Waals surface area contributed by atoms with Gasteiger partial charge in [0, 0.05) is 0 Å². The van der Waals surface area contributed by atoms with Gasteiger partial charge in [-0.05, 0) is 54.5 Å². The van der Waals surface area contributed by atoms with Crippen LogP contribution in [-0.4, -0.2) is 0 Å². The lowest BCUT2D eigenvalue weighted by molar-refractivity contribution is 0.959. The molecule has 0 spiro atoms. The Kier molecular flexibility index (Phi) is 2.87. The van der Waals surface area contributed by atoms with Crippen molar-refractivity contribution in [2.24, 2.45) is 0 Å². The van der Waals surface area contributed by atoms with E-state index in [2.05, 4.69) is 50.2 Å². The molecule has 2 aromatic carbocycles. The molecule has 0 saturated carbocycles. The van der Waals surface area contributed by atoms with Crippen molar-refractivity contribution in [1.29, 1.82) is 5.26 Å². The second-order valence-electron chi connectivity index (χ2n) is 5.42. The first kappa shape index (κ1) is 12.0. The van der Waals surface area contributed by atoms with Gasteiger partial charge in [-0.2, -0.15) is 5.26 Å². The maximum absolute atomic E-state index is 9.65. The lowest BCUT2D eigenvalue weighted by Crippen LogP contribution is -2.04. The third-order valence-electron chi connectivity index (χ3n) is 4.06. The summed E-state index contributed by atoms with van der Waals surface area (Å²) in [6.45, 7) is 4.26. The molecule has 0 heterocycles. The second kappa shape index (κ2) is 4.55. The van der Waals surface area contributed by atoms with Gasteiger partial charge in [0.05, 0.1) is 12.0 Å². The number of aryl methyl sites for hydroxylation is 4. The third-order valence-corrected chi connectivity index (χ3v) is 4.06. The first-order valence-corrected chi connectivity index (χ1v) is 6.78. The Balaban J connectivity index is 2.28. The molecule has 1 nitrogen and oxygen atoms in total. The molecule has 1 aliphatic rings. The normalized spacial score (nSPS) is 17.0. The lowest BCUT2D eigenvalue weighted by Gasteiger charge is -2.16. The van der Waals surface area contributed by atoms with E-state index in [1.54, 1.807) is 0 Å². The molecule has 1 atom stereocenters. The standard InChI is InChI=1S/C18H17N/c1-12-9-13(2)18-15(10-12)8-7-14-5-3-4-6-16(14)17(18)11-19/h3-6,9-10,17H,7-8H2,1-2H3/t17-/m1/s1. The molecule has 19 heavy (non-hydrogen) atoms. The quantitative estimate of drug-likeness (QED) is 0.688. The van der Waals surface area contributed by atoms with E-state index in [-0.39, 0.29) is 5.92 Å². The van der Waals surface area contributed by atoms with Crippen molar-refractivity contribution in [2.75, 3.05) is 0 Å². The SMILES string of the molecule is Cc1cc(C)c2c(c1)CCc1ccccc1[C@H]2C#N. The van der Waals surface area contributed by atoms with Gasteiger partial charge in [-0.1, -0.05) is 42.0 Å². The third kappa shape index (κ3) is 1.94. The first-order valence-electron chi connectivity index (χ1n) is 6.78. The maximum atomic E-state index is 9.65. The average Bonchev–Trinajstić information content (AvgIpc) is 2.55. The minimum atomic E-state index is -0.116. The molecule has 0 N–H and O–H groups in total. The minimum absolute atomic E-state index is 0.116. The zero-order valence-electron chi connectivity index (χ0n) is 11.4. The maximum Gasteiger partial charge on any atom is 0.0970 e. The Labute approximate surface area is 114 Å². The van der Waals surface area contributed by atoms with Crippen molar-refractivity contribution in [1.82, 2.24) is 0 Å². The molecule has 0 saturated heterocycles. The predicted molar refractivity (Wildman–Crippen MR) is 77.2 cm³/mol. The molecule has 0 unspecified atom stereocenters. The van der Waals surface area contributed by atoms with Gasteiger partial charge >= 0.3 is 0 Å². The molecule has 94 valence electrons. The topological polar surface area (TPSA) is 23.8 Å². The fourth-order valence-electron chi connectivity index (χ4n) is 3.29. The van der Waals surface area contributed by atoms with Crippen LogP contribution < -0.4 is 0 Å². The van der Waals surface area contributed by atoms with Crippen LogP contribution in [0.2, 0.25) is 0 Å². The van der Waals surface area contributed by atoms with Crippen LogP contribution in [0.3, 0.4) is 0 Å². The van der Waals surface area contributed by atoms with Gasteiger partial charge in [0.2, 0.25) is 0 Å². The molecule has 0 bridgehead atoms. The first-order chi connectivity index (χ1) is 9.20. The zero-order valence-corrected chi connectivity index (χ0v) is 11.4. The van der Waals surface area contributed by atoms with Crippen molar-refractivity contribution in [2.45, 2.75) is 32.6 Å². The highest BCUT2D eigenvalue weighted by Crippen LogP contribution is 2.36. The minimum Gasteiger partial charge on any atom is -0.197 e.